The summed E-state index contributed by atoms with van der Waals surface area (Å²) >= 11 is 0. The van der Waals surface area contributed by atoms with Crippen LogP contribution in [0.2, 0.25) is 0 Å². The van der Waals surface area contributed by atoms with E-state index in [0.717, 1.165) is 32.2 Å². The van der Waals surface area contributed by atoms with Crippen molar-refractivity contribution in [2.45, 2.75) is 77.7 Å². The van der Waals surface area contributed by atoms with E-state index in [-0.39, 0.29) is 0 Å². The molecule has 3 nitrogen and oxygen atoms in total. The largest absolute Gasteiger partial charge is 0.381 e. The van der Waals surface area contributed by atoms with Gasteiger partial charge in [0.1, 0.15) is 0 Å². The number of nitrogens with zero attached hydrogens (tertiary/aromatic N) is 1. The third-order valence-electron chi connectivity index (χ3n) is 4.62. The summed E-state index contributed by atoms with van der Waals surface area (Å²) in [6, 6.07) is 0. The predicted octanol–water partition coefficient (Wildman–Crippen LogP) is 4.50. The van der Waals surface area contributed by atoms with Gasteiger partial charge in [0.25, 0.3) is 0 Å². The fourth-order valence-electron chi connectivity index (χ4n) is 3.07. The zero-order valence-electron chi connectivity index (χ0n) is 15.3. The van der Waals surface area contributed by atoms with Crippen molar-refractivity contribution in [1.82, 2.24) is 4.90 Å². The smallest absolute Gasteiger partial charge is 0.0518 e. The van der Waals surface area contributed by atoms with Crippen molar-refractivity contribution < 1.29 is 9.47 Å². The number of rotatable bonds is 13. The first-order valence-electron chi connectivity index (χ1n) is 9.56. The number of likely N-dealkylation sites (tertiary alicyclic amines) is 1. The molecule has 0 aliphatic carbocycles. The van der Waals surface area contributed by atoms with E-state index in [1.54, 1.807) is 0 Å². The van der Waals surface area contributed by atoms with Gasteiger partial charge in [0.2, 0.25) is 0 Å². The Hall–Kier alpha value is -0.120. The monoisotopic (exact) mass is 313 g/mol. The van der Waals surface area contributed by atoms with Gasteiger partial charge in [-0.25, -0.2) is 0 Å². The Morgan fingerprint density at radius 2 is 1.45 bits per heavy atom. The van der Waals surface area contributed by atoms with Gasteiger partial charge in [-0.05, 0) is 78.4 Å². The van der Waals surface area contributed by atoms with Crippen LogP contribution in [0.1, 0.15) is 71.6 Å². The van der Waals surface area contributed by atoms with E-state index in [4.69, 9.17) is 9.47 Å². The van der Waals surface area contributed by atoms with E-state index in [9.17, 15) is 0 Å². The molecular weight excluding hydrogens is 274 g/mol. The highest BCUT2D eigenvalue weighted by atomic mass is 16.5. The molecule has 1 fully saturated rings. The Morgan fingerprint density at radius 3 is 2.09 bits per heavy atom. The van der Waals surface area contributed by atoms with Gasteiger partial charge in [-0.3, -0.25) is 0 Å². The van der Waals surface area contributed by atoms with Crippen LogP contribution < -0.4 is 0 Å². The summed E-state index contributed by atoms with van der Waals surface area (Å²) < 4.78 is 11.2. The Labute approximate surface area is 138 Å². The average Bonchev–Trinajstić information content (AvgIpc) is 2.50. The molecule has 0 radical (unpaired) electrons. The second-order valence-corrected chi connectivity index (χ2v) is 7.19. The Morgan fingerprint density at radius 1 is 0.864 bits per heavy atom. The molecule has 1 rings (SSSR count). The van der Waals surface area contributed by atoms with E-state index < -0.39 is 0 Å². The molecular formula is C19H39NO2. The molecule has 0 N–H and O–H groups in total. The molecule has 3 heteroatoms. The van der Waals surface area contributed by atoms with Crippen LogP contribution in [-0.2, 0) is 9.47 Å². The third kappa shape index (κ3) is 11.4. The highest BCUT2D eigenvalue weighted by Crippen LogP contribution is 2.21. The normalized spacial score (nSPS) is 17.5. The number of piperidine rings is 1. The summed E-state index contributed by atoms with van der Waals surface area (Å²) in [7, 11) is 2.24. The molecule has 1 aliphatic rings. The molecule has 1 heterocycles. The van der Waals surface area contributed by atoms with E-state index in [0.29, 0.717) is 6.10 Å². The van der Waals surface area contributed by atoms with Crippen molar-refractivity contribution in [3.8, 4) is 0 Å². The van der Waals surface area contributed by atoms with Crippen molar-refractivity contribution in [3.63, 3.8) is 0 Å². The van der Waals surface area contributed by atoms with Gasteiger partial charge in [-0.15, -0.1) is 0 Å². The van der Waals surface area contributed by atoms with Crippen LogP contribution in [-0.4, -0.2) is 51.0 Å². The van der Waals surface area contributed by atoms with Crippen LogP contribution in [0, 0.1) is 5.92 Å². The zero-order chi connectivity index (χ0) is 16.0. The van der Waals surface area contributed by atoms with E-state index in [2.05, 4.69) is 25.8 Å². The molecule has 0 aromatic carbocycles. The van der Waals surface area contributed by atoms with Gasteiger partial charge in [0.05, 0.1) is 6.10 Å². The summed E-state index contributed by atoms with van der Waals surface area (Å²) in [6.07, 6.45) is 12.2. The van der Waals surface area contributed by atoms with Crippen LogP contribution in [0.4, 0.5) is 0 Å². The fraction of sp³-hybridized carbons (Fsp3) is 1.00. The molecule has 0 unspecified atom stereocenters. The standard InChI is InChI=1S/C19H39NO2/c1-18(2)22-17-9-5-8-16-21-15-7-4-6-10-19-11-13-20(3)14-12-19/h18-19H,4-17H2,1-3H3. The molecule has 0 aromatic heterocycles. The summed E-state index contributed by atoms with van der Waals surface area (Å²) in [5.74, 6) is 0.991. The second kappa shape index (κ2) is 13.3. The molecule has 0 spiro atoms. The van der Waals surface area contributed by atoms with Gasteiger partial charge in [0, 0.05) is 19.8 Å². The van der Waals surface area contributed by atoms with E-state index in [1.165, 1.54) is 64.5 Å². The number of hydrogen-bond donors (Lipinski definition) is 0. The Kier molecular flexibility index (Phi) is 12.1. The van der Waals surface area contributed by atoms with E-state index >= 15 is 0 Å². The predicted molar refractivity (Wildman–Crippen MR) is 94.4 cm³/mol. The van der Waals surface area contributed by atoms with Gasteiger partial charge < -0.3 is 14.4 Å². The lowest BCUT2D eigenvalue weighted by atomic mass is 9.91. The zero-order valence-corrected chi connectivity index (χ0v) is 15.3. The summed E-state index contributed by atoms with van der Waals surface area (Å²) in [5, 5.41) is 0. The van der Waals surface area contributed by atoms with Gasteiger partial charge in [0.15, 0.2) is 0 Å². The quantitative estimate of drug-likeness (QED) is 0.467. The van der Waals surface area contributed by atoms with Crippen molar-refractivity contribution in [2.75, 3.05) is 40.0 Å². The van der Waals surface area contributed by atoms with E-state index in [1.807, 2.05) is 0 Å². The molecule has 0 saturated carbocycles. The van der Waals surface area contributed by atoms with Crippen LogP contribution in [0.5, 0.6) is 0 Å². The minimum atomic E-state index is 0.366. The first-order valence-corrected chi connectivity index (χ1v) is 9.56. The molecule has 0 atom stereocenters. The fourth-order valence-corrected chi connectivity index (χ4v) is 3.07. The summed E-state index contributed by atoms with van der Waals surface area (Å²) in [4.78, 5) is 2.46. The lowest BCUT2D eigenvalue weighted by molar-refractivity contribution is 0.0726. The maximum Gasteiger partial charge on any atom is 0.0518 e. The van der Waals surface area contributed by atoms with Gasteiger partial charge >= 0.3 is 0 Å². The molecule has 0 aromatic rings. The van der Waals surface area contributed by atoms with Gasteiger partial charge in [-0.1, -0.05) is 19.3 Å². The highest BCUT2D eigenvalue weighted by Gasteiger charge is 2.15. The lowest BCUT2D eigenvalue weighted by Crippen LogP contribution is -2.30. The number of hydrogen-bond acceptors (Lipinski definition) is 3. The SMILES string of the molecule is CC(C)OCCCCCOCCCCCC1CCN(C)CC1. The van der Waals surface area contributed by atoms with Gasteiger partial charge in [-0.2, -0.15) is 0 Å². The highest BCUT2D eigenvalue weighted by molar-refractivity contribution is 4.69. The number of unbranched alkanes of at least 4 members (excludes halogenated alkanes) is 4. The lowest BCUT2D eigenvalue weighted by Gasteiger charge is -2.28. The van der Waals surface area contributed by atoms with Crippen molar-refractivity contribution in [2.24, 2.45) is 5.92 Å². The number of ether oxygens (including phenoxy) is 2. The van der Waals surface area contributed by atoms with Crippen LogP contribution in [0.15, 0.2) is 0 Å². The second-order valence-electron chi connectivity index (χ2n) is 7.19. The molecule has 1 aliphatic heterocycles. The van der Waals surface area contributed by atoms with Crippen molar-refractivity contribution in [3.05, 3.63) is 0 Å². The first-order chi connectivity index (χ1) is 10.7. The Balaban J connectivity index is 1.73. The first kappa shape index (κ1) is 19.9. The average molecular weight is 314 g/mol. The summed E-state index contributed by atoms with van der Waals surface area (Å²) in [6.45, 7) is 9.57. The Bertz CT molecular complexity index is 238. The maximum atomic E-state index is 5.72. The van der Waals surface area contributed by atoms with Crippen LogP contribution in [0.3, 0.4) is 0 Å². The van der Waals surface area contributed by atoms with Crippen LogP contribution >= 0.6 is 0 Å². The summed E-state index contributed by atoms with van der Waals surface area (Å²) in [5.41, 5.74) is 0. The third-order valence-corrected chi connectivity index (χ3v) is 4.62. The topological polar surface area (TPSA) is 21.7 Å². The molecule has 1 saturated heterocycles. The molecule has 0 bridgehead atoms. The molecule has 132 valence electrons. The molecule has 0 amide bonds. The van der Waals surface area contributed by atoms with Crippen LogP contribution in [0.25, 0.3) is 0 Å². The molecule has 22 heavy (non-hydrogen) atoms. The minimum Gasteiger partial charge on any atom is -0.381 e. The maximum absolute atomic E-state index is 5.72. The minimum absolute atomic E-state index is 0.366. The van der Waals surface area contributed by atoms with Crippen molar-refractivity contribution >= 4 is 0 Å². The van der Waals surface area contributed by atoms with Crippen molar-refractivity contribution in [1.29, 1.82) is 0 Å².